The molecule has 0 aromatic carbocycles. The Balaban J connectivity index is 1.72. The lowest BCUT2D eigenvalue weighted by atomic mass is 9.70. The fraction of sp³-hybridized carbons (Fsp3) is 1.00. The van der Waals surface area contributed by atoms with Crippen molar-refractivity contribution in [2.75, 3.05) is 13.1 Å². The predicted octanol–water partition coefficient (Wildman–Crippen LogP) is 4.91. The normalized spacial score (nSPS) is 18.0. The molecule has 0 aromatic heterocycles. The van der Waals surface area contributed by atoms with Crippen LogP contribution in [0.25, 0.3) is 0 Å². The van der Waals surface area contributed by atoms with E-state index in [-0.39, 0.29) is 0 Å². The average Bonchev–Trinajstić information content (AvgIpc) is 2.29. The maximum absolute atomic E-state index is 3.64. The van der Waals surface area contributed by atoms with Crippen LogP contribution in [0.5, 0.6) is 0 Å². The van der Waals surface area contributed by atoms with Gasteiger partial charge in [-0.1, -0.05) is 65.2 Å². The lowest BCUT2D eigenvalue weighted by molar-refractivity contribution is 0.157. The number of hydrogen-bond acceptors (Lipinski definition) is 1. The van der Waals surface area contributed by atoms with Gasteiger partial charge in [0.25, 0.3) is 0 Å². The molecule has 0 saturated heterocycles. The average molecular weight is 239 g/mol. The summed E-state index contributed by atoms with van der Waals surface area (Å²) in [6.07, 6.45) is 15.8. The molecule has 0 unspecified atom stereocenters. The van der Waals surface area contributed by atoms with Crippen molar-refractivity contribution in [2.45, 2.75) is 84.5 Å². The van der Waals surface area contributed by atoms with Crippen LogP contribution >= 0.6 is 0 Å². The van der Waals surface area contributed by atoms with Gasteiger partial charge in [0.15, 0.2) is 0 Å². The largest absolute Gasteiger partial charge is 0.316 e. The van der Waals surface area contributed by atoms with E-state index in [1.807, 2.05) is 0 Å². The van der Waals surface area contributed by atoms with Crippen molar-refractivity contribution in [3.05, 3.63) is 0 Å². The van der Waals surface area contributed by atoms with E-state index in [9.17, 15) is 0 Å². The lowest BCUT2D eigenvalue weighted by Crippen LogP contribution is -2.37. The maximum atomic E-state index is 3.64. The second-order valence-electron chi connectivity index (χ2n) is 6.32. The Hall–Kier alpha value is -0.0400. The summed E-state index contributed by atoms with van der Waals surface area (Å²) in [5, 5.41) is 3.64. The zero-order chi connectivity index (χ0) is 12.4. The molecular formula is C16H33N. The molecule has 0 radical (unpaired) electrons. The third-order valence-electron chi connectivity index (χ3n) is 4.32. The van der Waals surface area contributed by atoms with Crippen molar-refractivity contribution in [3.63, 3.8) is 0 Å². The van der Waals surface area contributed by atoms with Crippen molar-refractivity contribution in [1.29, 1.82) is 0 Å². The molecule has 1 N–H and O–H groups in total. The molecular weight excluding hydrogens is 206 g/mol. The van der Waals surface area contributed by atoms with Gasteiger partial charge in [0.05, 0.1) is 0 Å². The first kappa shape index (κ1) is 15.0. The monoisotopic (exact) mass is 239 g/mol. The Morgan fingerprint density at radius 1 is 0.882 bits per heavy atom. The second-order valence-corrected chi connectivity index (χ2v) is 6.32. The number of rotatable bonds is 11. The van der Waals surface area contributed by atoms with Crippen LogP contribution in [0.2, 0.25) is 0 Å². The molecule has 0 aliphatic heterocycles. The summed E-state index contributed by atoms with van der Waals surface area (Å²) >= 11 is 0. The third kappa shape index (κ3) is 7.08. The summed E-state index contributed by atoms with van der Waals surface area (Å²) in [5.74, 6) is 0. The minimum absolute atomic E-state index is 0.653. The van der Waals surface area contributed by atoms with Gasteiger partial charge in [0.2, 0.25) is 0 Å². The van der Waals surface area contributed by atoms with Crippen LogP contribution in [0, 0.1) is 5.41 Å². The molecule has 0 heterocycles. The Labute approximate surface area is 109 Å². The summed E-state index contributed by atoms with van der Waals surface area (Å²) < 4.78 is 0. The molecule has 102 valence electrons. The quantitative estimate of drug-likeness (QED) is 0.505. The van der Waals surface area contributed by atoms with E-state index in [1.165, 1.54) is 83.7 Å². The highest BCUT2D eigenvalue weighted by molar-refractivity contribution is 4.84. The molecule has 1 nitrogen and oxygen atoms in total. The highest BCUT2D eigenvalue weighted by Crippen LogP contribution is 2.39. The number of unbranched alkanes of at least 4 members (excludes halogenated alkanes) is 7. The van der Waals surface area contributed by atoms with E-state index in [1.54, 1.807) is 0 Å². The van der Waals surface area contributed by atoms with Crippen LogP contribution < -0.4 is 5.32 Å². The molecule has 0 bridgehead atoms. The highest BCUT2D eigenvalue weighted by atomic mass is 14.9. The van der Waals surface area contributed by atoms with Crippen LogP contribution in [0.1, 0.15) is 84.5 Å². The molecule has 1 saturated carbocycles. The molecule has 1 aliphatic carbocycles. The lowest BCUT2D eigenvalue weighted by Gasteiger charge is -2.38. The van der Waals surface area contributed by atoms with Gasteiger partial charge in [0.1, 0.15) is 0 Å². The third-order valence-corrected chi connectivity index (χ3v) is 4.32. The molecule has 1 heteroatoms. The van der Waals surface area contributed by atoms with Gasteiger partial charge in [-0.3, -0.25) is 0 Å². The van der Waals surface area contributed by atoms with Gasteiger partial charge in [-0.05, 0) is 31.2 Å². The number of nitrogens with one attached hydrogen (secondary N) is 1. The zero-order valence-corrected chi connectivity index (χ0v) is 12.2. The van der Waals surface area contributed by atoms with Gasteiger partial charge >= 0.3 is 0 Å². The Morgan fingerprint density at radius 3 is 2.00 bits per heavy atom. The van der Waals surface area contributed by atoms with Crippen molar-refractivity contribution in [2.24, 2.45) is 5.41 Å². The van der Waals surface area contributed by atoms with Crippen LogP contribution in [0.3, 0.4) is 0 Å². The van der Waals surface area contributed by atoms with E-state index in [4.69, 9.17) is 0 Å². The summed E-state index contributed by atoms with van der Waals surface area (Å²) in [7, 11) is 0. The fourth-order valence-corrected chi connectivity index (χ4v) is 2.73. The summed E-state index contributed by atoms with van der Waals surface area (Å²) in [4.78, 5) is 0. The maximum Gasteiger partial charge on any atom is 0.000516 e. The van der Waals surface area contributed by atoms with Crippen LogP contribution in [0.4, 0.5) is 0 Å². The van der Waals surface area contributed by atoms with Crippen molar-refractivity contribution >= 4 is 0 Å². The molecule has 0 aromatic rings. The van der Waals surface area contributed by atoms with Crippen LogP contribution in [-0.2, 0) is 0 Å². The standard InChI is InChI=1S/C16H33N/c1-3-4-5-6-7-8-9-10-14-17-15-16(2)12-11-13-16/h17H,3-15H2,1-2H3. The first-order valence-electron chi connectivity index (χ1n) is 7.97. The fourth-order valence-electron chi connectivity index (χ4n) is 2.73. The second kappa shape index (κ2) is 8.97. The minimum Gasteiger partial charge on any atom is -0.316 e. The van der Waals surface area contributed by atoms with E-state index < -0.39 is 0 Å². The first-order valence-corrected chi connectivity index (χ1v) is 7.97. The zero-order valence-electron chi connectivity index (χ0n) is 12.2. The van der Waals surface area contributed by atoms with Crippen molar-refractivity contribution < 1.29 is 0 Å². The van der Waals surface area contributed by atoms with Crippen LogP contribution in [-0.4, -0.2) is 13.1 Å². The molecule has 17 heavy (non-hydrogen) atoms. The number of hydrogen-bond donors (Lipinski definition) is 1. The van der Waals surface area contributed by atoms with Gasteiger partial charge < -0.3 is 5.32 Å². The Bertz CT molecular complexity index is 172. The van der Waals surface area contributed by atoms with Gasteiger partial charge in [0, 0.05) is 6.54 Å². The van der Waals surface area contributed by atoms with Crippen LogP contribution in [0.15, 0.2) is 0 Å². The SMILES string of the molecule is CCCCCCCCCCNCC1(C)CCC1. The smallest absolute Gasteiger partial charge is 0.000516 e. The van der Waals surface area contributed by atoms with E-state index >= 15 is 0 Å². The first-order chi connectivity index (χ1) is 8.27. The van der Waals surface area contributed by atoms with Gasteiger partial charge in [-0.25, -0.2) is 0 Å². The minimum atomic E-state index is 0.653. The van der Waals surface area contributed by atoms with Crippen molar-refractivity contribution in [3.8, 4) is 0 Å². The molecule has 1 aliphatic rings. The summed E-state index contributed by atoms with van der Waals surface area (Å²) in [6.45, 7) is 7.21. The van der Waals surface area contributed by atoms with Crippen molar-refractivity contribution in [1.82, 2.24) is 5.32 Å². The Kier molecular flexibility index (Phi) is 7.92. The van der Waals surface area contributed by atoms with E-state index in [0.29, 0.717) is 5.41 Å². The van der Waals surface area contributed by atoms with E-state index in [2.05, 4.69) is 19.2 Å². The summed E-state index contributed by atoms with van der Waals surface area (Å²) in [6, 6.07) is 0. The highest BCUT2D eigenvalue weighted by Gasteiger charge is 2.30. The molecule has 1 fully saturated rings. The molecule has 0 spiro atoms. The van der Waals surface area contributed by atoms with Gasteiger partial charge in [-0.15, -0.1) is 0 Å². The molecule has 0 amide bonds. The van der Waals surface area contributed by atoms with E-state index in [0.717, 1.165) is 0 Å². The molecule has 1 rings (SSSR count). The summed E-state index contributed by atoms with van der Waals surface area (Å²) in [5.41, 5.74) is 0.653. The topological polar surface area (TPSA) is 12.0 Å². The Morgan fingerprint density at radius 2 is 1.47 bits per heavy atom. The van der Waals surface area contributed by atoms with Gasteiger partial charge in [-0.2, -0.15) is 0 Å². The molecule has 0 atom stereocenters. The predicted molar refractivity (Wildman–Crippen MR) is 77.4 cm³/mol.